The van der Waals surface area contributed by atoms with E-state index in [1.54, 1.807) is 6.08 Å². The van der Waals surface area contributed by atoms with E-state index >= 15 is 0 Å². The van der Waals surface area contributed by atoms with Crippen LogP contribution in [0.15, 0.2) is 67.3 Å². The second-order valence-electron chi connectivity index (χ2n) is 6.00. The minimum absolute atomic E-state index is 1.04. The summed E-state index contributed by atoms with van der Waals surface area (Å²) in [6.45, 7) is 24.4. The van der Waals surface area contributed by atoms with E-state index in [4.69, 9.17) is 0 Å². The van der Waals surface area contributed by atoms with Crippen LogP contribution in [0.4, 0.5) is 0 Å². The lowest BCUT2D eigenvalue weighted by atomic mass is 10.2. The molecule has 0 unspecified atom stereocenters. The van der Waals surface area contributed by atoms with Crippen molar-refractivity contribution in [3.63, 3.8) is 0 Å². The third-order valence-electron chi connectivity index (χ3n) is 3.28. The van der Waals surface area contributed by atoms with Crippen molar-refractivity contribution in [2.75, 3.05) is 13.1 Å². The Morgan fingerprint density at radius 2 is 1.34 bits per heavy atom. The molecule has 0 aromatic heterocycles. The molecule has 0 aliphatic rings. The zero-order valence-electron chi connectivity index (χ0n) is 20.3. The summed E-state index contributed by atoms with van der Waals surface area (Å²) in [5.41, 5.74) is 1.41. The van der Waals surface area contributed by atoms with Crippen molar-refractivity contribution in [3.8, 4) is 0 Å². The molecule has 1 N–H and O–H groups in total. The van der Waals surface area contributed by atoms with Gasteiger partial charge in [0.1, 0.15) is 0 Å². The van der Waals surface area contributed by atoms with Crippen LogP contribution >= 0.6 is 0 Å². The highest BCUT2D eigenvalue weighted by Gasteiger charge is 1.80. The van der Waals surface area contributed by atoms with Gasteiger partial charge in [-0.15, -0.1) is 0 Å². The van der Waals surface area contributed by atoms with Gasteiger partial charge >= 0.3 is 0 Å². The lowest BCUT2D eigenvalue weighted by Gasteiger charge is -1.91. The minimum Gasteiger partial charge on any atom is -0.317 e. The van der Waals surface area contributed by atoms with Gasteiger partial charge < -0.3 is 5.32 Å². The normalized spacial score (nSPS) is 9.14. The standard InChI is InChI=1S/C10H10.C8H10.C5H13N.C3H8.C2H6/c1-3-6-10-8-5-4-7-9(10)2;1-2-8-6-4-3-5-7-8;1-3-5-6-4-2;1-3-2;1-2/h3-8H,1-2H2;3-7H,2H2,1H3;6H,3-5H2,1-2H3;3H2,1-2H3;1-2H3/b10-6-;;;;. The van der Waals surface area contributed by atoms with E-state index < -0.39 is 0 Å². The third-order valence-corrected chi connectivity index (χ3v) is 3.28. The number of hydrogen-bond acceptors (Lipinski definition) is 1. The van der Waals surface area contributed by atoms with Crippen LogP contribution in [-0.2, 0) is 6.42 Å². The molecule has 0 aliphatic carbocycles. The van der Waals surface area contributed by atoms with Crippen LogP contribution in [0.25, 0.3) is 12.7 Å². The second kappa shape index (κ2) is 28.1. The molecule has 0 saturated heterocycles. The van der Waals surface area contributed by atoms with Gasteiger partial charge in [0.15, 0.2) is 0 Å². The number of allylic oxidation sites excluding steroid dienone is 1. The SMILES string of the molecule is C=C/C=c1/ccccc1=C.CC.CCC.CCCNCC.CCc1ccccc1. The molecule has 2 aromatic rings. The predicted octanol–water partition coefficient (Wildman–Crippen LogP) is 6.76. The van der Waals surface area contributed by atoms with Crippen LogP contribution < -0.4 is 15.8 Å². The van der Waals surface area contributed by atoms with Crippen LogP contribution in [0.2, 0.25) is 0 Å². The zero-order chi connectivity index (χ0) is 22.8. The van der Waals surface area contributed by atoms with E-state index in [0.29, 0.717) is 0 Å². The highest BCUT2D eigenvalue weighted by atomic mass is 14.8. The van der Waals surface area contributed by atoms with Crippen molar-refractivity contribution in [2.24, 2.45) is 0 Å². The van der Waals surface area contributed by atoms with Crippen LogP contribution in [0.3, 0.4) is 0 Å². The fraction of sp³-hybridized carbons (Fsp3) is 0.429. The van der Waals surface area contributed by atoms with Crippen molar-refractivity contribution in [1.29, 1.82) is 0 Å². The lowest BCUT2D eigenvalue weighted by Crippen LogP contribution is -2.21. The molecule has 0 heterocycles. The monoisotopic (exact) mass is 397 g/mol. The molecule has 0 fully saturated rings. The average Bonchev–Trinajstić information content (AvgIpc) is 2.77. The average molecular weight is 398 g/mol. The first-order valence-electron chi connectivity index (χ1n) is 11.2. The summed E-state index contributed by atoms with van der Waals surface area (Å²) in [6.07, 6.45) is 7.35. The van der Waals surface area contributed by atoms with E-state index in [0.717, 1.165) is 29.9 Å². The Hall–Kier alpha value is -2.12. The van der Waals surface area contributed by atoms with Crippen molar-refractivity contribution >= 4 is 12.7 Å². The molecular weight excluding hydrogens is 350 g/mol. The molecule has 164 valence electrons. The van der Waals surface area contributed by atoms with Gasteiger partial charge in [-0.1, -0.05) is 135 Å². The lowest BCUT2D eigenvalue weighted by molar-refractivity contribution is 0.703. The smallest absolute Gasteiger partial charge is 0.00517 e. The summed E-state index contributed by atoms with van der Waals surface area (Å²) in [4.78, 5) is 0. The minimum atomic E-state index is 1.04. The van der Waals surface area contributed by atoms with Crippen molar-refractivity contribution < 1.29 is 0 Å². The van der Waals surface area contributed by atoms with Gasteiger partial charge in [0.25, 0.3) is 0 Å². The molecule has 2 rings (SSSR count). The number of nitrogens with one attached hydrogen (secondary N) is 1. The molecule has 0 saturated carbocycles. The Morgan fingerprint density at radius 1 is 0.828 bits per heavy atom. The first kappa shape index (κ1) is 31.6. The molecule has 1 nitrogen and oxygen atoms in total. The Morgan fingerprint density at radius 3 is 1.69 bits per heavy atom. The number of hydrogen-bond donors (Lipinski definition) is 1. The summed E-state index contributed by atoms with van der Waals surface area (Å²) < 4.78 is 0. The molecule has 0 amide bonds. The highest BCUT2D eigenvalue weighted by molar-refractivity contribution is 5.35. The van der Waals surface area contributed by atoms with Gasteiger partial charge in [-0.05, 0) is 41.9 Å². The molecular formula is C28H47N. The quantitative estimate of drug-likeness (QED) is 0.549. The van der Waals surface area contributed by atoms with E-state index in [-0.39, 0.29) is 0 Å². The Bertz CT molecular complexity index is 640. The molecule has 1 heteroatoms. The molecule has 0 bridgehead atoms. The summed E-state index contributed by atoms with van der Waals surface area (Å²) in [5.74, 6) is 0. The fourth-order valence-corrected chi connectivity index (χ4v) is 1.89. The molecule has 0 aliphatic heterocycles. The second-order valence-corrected chi connectivity index (χ2v) is 6.00. The number of benzene rings is 2. The van der Waals surface area contributed by atoms with E-state index in [9.17, 15) is 0 Å². The predicted molar refractivity (Wildman–Crippen MR) is 138 cm³/mol. The van der Waals surface area contributed by atoms with Gasteiger partial charge in [-0.3, -0.25) is 0 Å². The number of rotatable bonds is 5. The van der Waals surface area contributed by atoms with Crippen LogP contribution in [0, 0.1) is 0 Å². The van der Waals surface area contributed by atoms with Gasteiger partial charge in [-0.25, -0.2) is 0 Å². The van der Waals surface area contributed by atoms with Crippen LogP contribution in [0.5, 0.6) is 0 Å². The number of aryl methyl sites for hydroxylation is 1. The summed E-state index contributed by atoms with van der Waals surface area (Å²) >= 11 is 0. The summed E-state index contributed by atoms with van der Waals surface area (Å²) in [7, 11) is 0. The molecule has 29 heavy (non-hydrogen) atoms. The Kier molecular flexibility index (Phi) is 30.6. The molecule has 0 atom stereocenters. The molecule has 2 aromatic carbocycles. The fourth-order valence-electron chi connectivity index (χ4n) is 1.89. The van der Waals surface area contributed by atoms with E-state index in [1.807, 2.05) is 50.3 Å². The van der Waals surface area contributed by atoms with Gasteiger partial charge in [0.05, 0.1) is 0 Å². The van der Waals surface area contributed by atoms with Gasteiger partial charge in [0, 0.05) is 0 Å². The van der Waals surface area contributed by atoms with Crippen LogP contribution in [-0.4, -0.2) is 13.1 Å². The largest absolute Gasteiger partial charge is 0.317 e. The summed E-state index contributed by atoms with van der Waals surface area (Å²) in [6, 6.07) is 18.4. The maximum Gasteiger partial charge on any atom is -0.00517 e. The first-order valence-corrected chi connectivity index (χ1v) is 11.2. The van der Waals surface area contributed by atoms with Crippen LogP contribution in [0.1, 0.15) is 66.9 Å². The van der Waals surface area contributed by atoms with Crippen molar-refractivity contribution in [1.82, 2.24) is 5.32 Å². The van der Waals surface area contributed by atoms with E-state index in [2.05, 4.69) is 77.4 Å². The highest BCUT2D eigenvalue weighted by Crippen LogP contribution is 1.96. The maximum atomic E-state index is 3.86. The Balaban J connectivity index is -0.000000322. The topological polar surface area (TPSA) is 12.0 Å². The zero-order valence-corrected chi connectivity index (χ0v) is 20.3. The van der Waals surface area contributed by atoms with Crippen molar-refractivity contribution in [3.05, 3.63) is 83.3 Å². The van der Waals surface area contributed by atoms with Crippen molar-refractivity contribution in [2.45, 2.75) is 67.7 Å². The van der Waals surface area contributed by atoms with E-state index in [1.165, 1.54) is 18.4 Å². The Labute approximate surface area is 182 Å². The van der Waals surface area contributed by atoms with Gasteiger partial charge in [-0.2, -0.15) is 0 Å². The molecule has 0 radical (unpaired) electrons. The van der Waals surface area contributed by atoms with Gasteiger partial charge in [0.2, 0.25) is 0 Å². The maximum absolute atomic E-state index is 3.86. The molecule has 0 spiro atoms. The summed E-state index contributed by atoms with van der Waals surface area (Å²) in [5, 5.41) is 5.38. The third kappa shape index (κ3) is 23.8. The first-order chi connectivity index (χ1) is 14.1.